The normalized spacial score (nSPS) is 13.0. The third-order valence-corrected chi connectivity index (χ3v) is 7.42. The second-order valence-corrected chi connectivity index (χ2v) is 10.3. The Balaban J connectivity index is 1.71. The van der Waals surface area contributed by atoms with Crippen molar-refractivity contribution < 1.29 is 14.2 Å². The molecule has 3 N–H and O–H groups in total. The first-order valence-electron chi connectivity index (χ1n) is 11.7. The average molecular weight is 447 g/mol. The van der Waals surface area contributed by atoms with Crippen LogP contribution in [-0.2, 0) is 0 Å². The van der Waals surface area contributed by atoms with E-state index in [-0.39, 0.29) is 0 Å². The summed E-state index contributed by atoms with van der Waals surface area (Å²) in [6, 6.07) is 27.7. The smallest absolute Gasteiger partial charge is 0.526 e. The molecule has 0 aliphatic carbocycles. The van der Waals surface area contributed by atoms with E-state index in [0.717, 1.165) is 48.9 Å². The predicted octanol–water partition coefficient (Wildman–Crippen LogP) is 6.10. The number of rotatable bonds is 4. The largest absolute Gasteiger partial charge is 0.625 e. The topological polar surface area (TPSA) is 48.8 Å². The maximum absolute atomic E-state index is 8.54. The van der Waals surface area contributed by atoms with Crippen molar-refractivity contribution in [1.82, 2.24) is 0 Å². The fraction of sp³-hybridized carbons (Fsp3) is 0.200. The summed E-state index contributed by atoms with van der Waals surface area (Å²) in [4.78, 5) is 0. The van der Waals surface area contributed by atoms with Crippen molar-refractivity contribution in [2.75, 3.05) is 0 Å². The SMILES string of the molecule is CC(C)([OH2+])C(C)(C)[OH+][B]c1cc2ccc3ccccc3c2c2oc3c4ccccc4ccc3c12. The highest BCUT2D eigenvalue weighted by atomic mass is 16.5. The van der Waals surface area contributed by atoms with Crippen molar-refractivity contribution in [2.45, 2.75) is 38.9 Å². The number of fused-ring (bicyclic) bond motifs is 9. The number of furan rings is 1. The van der Waals surface area contributed by atoms with Gasteiger partial charge in [-0.25, -0.2) is 0 Å². The summed E-state index contributed by atoms with van der Waals surface area (Å²) in [6.07, 6.45) is 0. The summed E-state index contributed by atoms with van der Waals surface area (Å²) in [5, 5.41) is 17.6. The molecule has 0 aliphatic rings. The Kier molecular flexibility index (Phi) is 4.57. The third kappa shape index (κ3) is 3.13. The van der Waals surface area contributed by atoms with Gasteiger partial charge < -0.3 is 14.2 Å². The first kappa shape index (κ1) is 21.2. The lowest BCUT2D eigenvalue weighted by Crippen LogP contribution is -2.51. The van der Waals surface area contributed by atoms with Crippen LogP contribution in [0.2, 0.25) is 0 Å². The molecule has 0 aliphatic heterocycles. The molecule has 0 bridgehead atoms. The predicted molar refractivity (Wildman–Crippen MR) is 146 cm³/mol. The number of hydrogen-bond acceptors (Lipinski definition) is 1. The van der Waals surface area contributed by atoms with Crippen LogP contribution in [-0.4, -0.2) is 28.4 Å². The van der Waals surface area contributed by atoms with E-state index < -0.39 is 11.2 Å². The standard InChI is InChI=1S/C30H27BO3/c1-29(2,32)30(3,4)34-31-24-17-20-14-13-18-9-5-7-11-21(18)25(20)28-26(24)23-16-15-19-10-6-8-12-22(19)27(23)33-28/h5-17,32,34H,1-4H3/q+1/p+1. The molecule has 6 aromatic rings. The van der Waals surface area contributed by atoms with E-state index in [1.54, 1.807) is 0 Å². The molecule has 1 radical (unpaired) electrons. The molecule has 0 spiro atoms. The van der Waals surface area contributed by atoms with Crippen molar-refractivity contribution in [3.05, 3.63) is 78.9 Å². The minimum absolute atomic E-state index is 0.538. The van der Waals surface area contributed by atoms with Crippen LogP contribution in [0.15, 0.2) is 83.3 Å². The summed E-state index contributed by atoms with van der Waals surface area (Å²) < 4.78 is 11.6. The Morgan fingerprint density at radius 2 is 1.29 bits per heavy atom. The molecule has 167 valence electrons. The first-order valence-corrected chi connectivity index (χ1v) is 11.7. The molecule has 5 aromatic carbocycles. The van der Waals surface area contributed by atoms with E-state index in [2.05, 4.69) is 78.9 Å². The highest BCUT2D eigenvalue weighted by Crippen LogP contribution is 2.39. The highest BCUT2D eigenvalue weighted by molar-refractivity contribution is 6.54. The summed E-state index contributed by atoms with van der Waals surface area (Å²) in [7, 11) is 1.94. The Labute approximate surface area is 199 Å². The number of benzene rings is 5. The Morgan fingerprint density at radius 1 is 0.676 bits per heavy atom. The lowest BCUT2D eigenvalue weighted by molar-refractivity contribution is -0.157. The second-order valence-electron chi connectivity index (χ2n) is 10.3. The fourth-order valence-electron chi connectivity index (χ4n) is 4.68. The number of hydrogen-bond donors (Lipinski definition) is 0. The molecule has 1 heterocycles. The van der Waals surface area contributed by atoms with Gasteiger partial charge in [0, 0.05) is 54.7 Å². The minimum Gasteiger partial charge on any atom is -0.526 e. The van der Waals surface area contributed by atoms with Crippen molar-refractivity contribution in [3.63, 3.8) is 0 Å². The lowest BCUT2D eigenvalue weighted by Gasteiger charge is -2.30. The summed E-state index contributed by atoms with van der Waals surface area (Å²) in [5.41, 5.74) is 1.58. The minimum atomic E-state index is -0.704. The first-order chi connectivity index (χ1) is 16.2. The molecular formula is C30H28BO3+2. The molecule has 0 fully saturated rings. The van der Waals surface area contributed by atoms with Crippen LogP contribution < -0.4 is 5.46 Å². The fourth-order valence-corrected chi connectivity index (χ4v) is 4.68. The summed E-state index contributed by atoms with van der Waals surface area (Å²) in [5.74, 6) is 0. The average Bonchev–Trinajstić information content (AvgIpc) is 3.22. The third-order valence-electron chi connectivity index (χ3n) is 7.42. The van der Waals surface area contributed by atoms with Gasteiger partial charge in [-0.1, -0.05) is 72.8 Å². The van der Waals surface area contributed by atoms with Crippen molar-refractivity contribution in [2.24, 2.45) is 0 Å². The number of aliphatic hydroxyl groups is 1. The van der Waals surface area contributed by atoms with Crippen LogP contribution in [0.1, 0.15) is 27.7 Å². The summed E-state index contributed by atoms with van der Waals surface area (Å²) >= 11 is 0. The molecule has 0 atom stereocenters. The second kappa shape index (κ2) is 7.33. The quantitative estimate of drug-likeness (QED) is 0.183. The zero-order valence-corrected chi connectivity index (χ0v) is 19.9. The van der Waals surface area contributed by atoms with Gasteiger partial charge in [0.1, 0.15) is 11.2 Å². The van der Waals surface area contributed by atoms with Crippen LogP contribution >= 0.6 is 0 Å². The van der Waals surface area contributed by atoms with E-state index in [4.69, 9.17) is 14.2 Å². The van der Waals surface area contributed by atoms with Crippen LogP contribution in [0.5, 0.6) is 0 Å². The van der Waals surface area contributed by atoms with Gasteiger partial charge in [-0.05, 0) is 27.6 Å². The molecule has 4 heteroatoms. The zero-order chi connectivity index (χ0) is 23.7. The maximum Gasteiger partial charge on any atom is 0.625 e. The molecule has 1 aromatic heterocycles. The van der Waals surface area contributed by atoms with Crippen LogP contribution in [0, 0.1) is 0 Å². The Bertz CT molecular complexity index is 1720. The van der Waals surface area contributed by atoms with E-state index in [9.17, 15) is 0 Å². The van der Waals surface area contributed by atoms with E-state index in [1.165, 1.54) is 10.8 Å². The van der Waals surface area contributed by atoms with Gasteiger partial charge in [0.2, 0.25) is 11.2 Å². The van der Waals surface area contributed by atoms with Crippen LogP contribution in [0.4, 0.5) is 0 Å². The molecular weight excluding hydrogens is 419 g/mol. The van der Waals surface area contributed by atoms with Gasteiger partial charge in [-0.15, -0.1) is 0 Å². The molecule has 3 nitrogen and oxygen atoms in total. The van der Waals surface area contributed by atoms with Crippen LogP contribution in [0.3, 0.4) is 0 Å². The highest BCUT2D eigenvalue weighted by Gasteiger charge is 2.46. The van der Waals surface area contributed by atoms with Gasteiger partial charge in [0.25, 0.3) is 0 Å². The van der Waals surface area contributed by atoms with Gasteiger partial charge in [-0.3, -0.25) is 0 Å². The monoisotopic (exact) mass is 447 g/mol. The maximum atomic E-state index is 8.54. The van der Waals surface area contributed by atoms with Crippen molar-refractivity contribution in [3.8, 4) is 0 Å². The van der Waals surface area contributed by atoms with Gasteiger partial charge in [0.15, 0.2) is 0 Å². The lowest BCUT2D eigenvalue weighted by atomic mass is 9.79. The Hall–Kier alpha value is -3.34. The van der Waals surface area contributed by atoms with E-state index >= 15 is 0 Å². The molecule has 6 rings (SSSR count). The van der Waals surface area contributed by atoms with E-state index in [0.29, 0.717) is 0 Å². The molecule has 0 saturated heterocycles. The molecule has 0 saturated carbocycles. The van der Waals surface area contributed by atoms with Crippen molar-refractivity contribution in [1.29, 1.82) is 0 Å². The molecule has 34 heavy (non-hydrogen) atoms. The van der Waals surface area contributed by atoms with Gasteiger partial charge in [0.05, 0.1) is 0 Å². The zero-order valence-electron chi connectivity index (χ0n) is 19.9. The molecule has 0 amide bonds. The van der Waals surface area contributed by atoms with Gasteiger partial charge >= 0.3 is 7.48 Å². The summed E-state index contributed by atoms with van der Waals surface area (Å²) in [6.45, 7) is 7.85. The Morgan fingerprint density at radius 3 is 2.03 bits per heavy atom. The van der Waals surface area contributed by atoms with E-state index in [1.807, 2.05) is 35.2 Å². The van der Waals surface area contributed by atoms with Crippen LogP contribution in [0.25, 0.3) is 54.3 Å². The molecule has 0 unspecified atom stereocenters. The van der Waals surface area contributed by atoms with Crippen molar-refractivity contribution >= 4 is 67.2 Å². The van der Waals surface area contributed by atoms with Gasteiger partial charge in [-0.2, -0.15) is 0 Å².